The maximum Gasteiger partial charge on any atom is 0.167 e. The second-order valence-corrected chi connectivity index (χ2v) is 8.47. The van der Waals surface area contributed by atoms with Gasteiger partial charge in [-0.15, -0.1) is 0 Å². The van der Waals surface area contributed by atoms with Gasteiger partial charge in [-0.05, 0) is 67.6 Å². The Morgan fingerprint density at radius 3 is 2.82 bits per heavy atom. The quantitative estimate of drug-likeness (QED) is 0.327. The molecule has 0 saturated heterocycles. The molecule has 1 fully saturated rings. The Labute approximate surface area is 198 Å². The van der Waals surface area contributed by atoms with Crippen molar-refractivity contribution in [2.24, 2.45) is 4.99 Å². The van der Waals surface area contributed by atoms with Crippen molar-refractivity contribution < 1.29 is 4.39 Å². The number of aryl methyl sites for hydroxylation is 1. The van der Waals surface area contributed by atoms with Crippen LogP contribution in [0.25, 0.3) is 0 Å². The molecule has 1 aliphatic carbocycles. The molecule has 0 spiro atoms. The van der Waals surface area contributed by atoms with Crippen LogP contribution in [0.3, 0.4) is 0 Å². The minimum Gasteiger partial charge on any atom is -0.358 e. The van der Waals surface area contributed by atoms with E-state index in [1.165, 1.54) is 6.07 Å². The summed E-state index contributed by atoms with van der Waals surface area (Å²) < 4.78 is 14.2. The second-order valence-electron chi connectivity index (χ2n) is 8.47. The highest BCUT2D eigenvalue weighted by molar-refractivity contribution is 6.03. The van der Waals surface area contributed by atoms with E-state index in [2.05, 4.69) is 25.6 Å². The monoisotopic (exact) mass is 460 g/mol. The zero-order chi connectivity index (χ0) is 24.1. The molecule has 0 aromatic carbocycles. The molecule has 9 heteroatoms. The molecule has 0 radical (unpaired) electrons. The SMILES string of the molecule is CNCCN(C)C(=N)c1c(N=Cc2ccnc(Nc3ncc(C)cc3F)c2)cncc1C1CC1. The van der Waals surface area contributed by atoms with Crippen LogP contribution in [0.4, 0.5) is 21.7 Å². The molecule has 0 aliphatic heterocycles. The lowest BCUT2D eigenvalue weighted by Gasteiger charge is -2.22. The van der Waals surface area contributed by atoms with Gasteiger partial charge in [0.15, 0.2) is 11.6 Å². The average Bonchev–Trinajstić information content (AvgIpc) is 3.68. The molecule has 1 aliphatic rings. The molecule has 0 atom stereocenters. The Hall–Kier alpha value is -3.72. The summed E-state index contributed by atoms with van der Waals surface area (Å²) in [5.41, 5.74) is 4.09. The molecule has 0 unspecified atom stereocenters. The van der Waals surface area contributed by atoms with Crippen molar-refractivity contribution in [3.63, 3.8) is 0 Å². The van der Waals surface area contributed by atoms with Crippen LogP contribution in [-0.2, 0) is 0 Å². The van der Waals surface area contributed by atoms with Crippen LogP contribution in [0.1, 0.15) is 41.0 Å². The van der Waals surface area contributed by atoms with Crippen LogP contribution in [0.15, 0.2) is 48.0 Å². The predicted octanol–water partition coefficient (Wildman–Crippen LogP) is 4.17. The highest BCUT2D eigenvalue weighted by Crippen LogP contribution is 2.43. The number of anilines is 2. The summed E-state index contributed by atoms with van der Waals surface area (Å²) in [5.74, 6) is 1.01. The van der Waals surface area contributed by atoms with Gasteiger partial charge in [0.1, 0.15) is 11.7 Å². The van der Waals surface area contributed by atoms with Crippen LogP contribution in [0.5, 0.6) is 0 Å². The second kappa shape index (κ2) is 10.5. The number of likely N-dealkylation sites (N-methyl/N-ethyl adjacent to an activating group) is 2. The van der Waals surface area contributed by atoms with Gasteiger partial charge >= 0.3 is 0 Å². The van der Waals surface area contributed by atoms with E-state index in [1.54, 1.807) is 37.8 Å². The standard InChI is InChI=1S/C25H29FN8/c1-16-10-20(26)25(32-12-16)33-22-11-17(6-7-30-22)13-31-21-15-29-14-19(18-4-5-18)23(21)24(27)34(3)9-8-28-2/h6-7,10-15,18,27-28H,4-5,8-9H2,1-3H3,(H,30,32,33). The van der Waals surface area contributed by atoms with Gasteiger partial charge in [0.25, 0.3) is 0 Å². The summed E-state index contributed by atoms with van der Waals surface area (Å²) >= 11 is 0. The van der Waals surface area contributed by atoms with Gasteiger partial charge < -0.3 is 15.5 Å². The number of hydrogen-bond acceptors (Lipinski definition) is 7. The zero-order valence-corrected chi connectivity index (χ0v) is 19.6. The third-order valence-electron chi connectivity index (χ3n) is 5.65. The van der Waals surface area contributed by atoms with Crippen LogP contribution in [0.2, 0.25) is 0 Å². The third kappa shape index (κ3) is 5.60. The maximum atomic E-state index is 14.2. The first kappa shape index (κ1) is 23.4. The number of amidine groups is 1. The van der Waals surface area contributed by atoms with Crippen molar-refractivity contribution >= 4 is 29.4 Å². The van der Waals surface area contributed by atoms with Crippen LogP contribution in [0, 0.1) is 18.2 Å². The molecule has 34 heavy (non-hydrogen) atoms. The smallest absolute Gasteiger partial charge is 0.167 e. The number of halogens is 1. The Morgan fingerprint density at radius 1 is 1.26 bits per heavy atom. The fraction of sp³-hybridized carbons (Fsp3) is 0.320. The van der Waals surface area contributed by atoms with Crippen molar-refractivity contribution in [1.29, 1.82) is 5.41 Å². The fourth-order valence-electron chi connectivity index (χ4n) is 3.59. The van der Waals surface area contributed by atoms with E-state index in [1.807, 2.05) is 31.3 Å². The highest BCUT2D eigenvalue weighted by atomic mass is 19.1. The molecule has 3 N–H and O–H groups in total. The van der Waals surface area contributed by atoms with E-state index >= 15 is 0 Å². The van der Waals surface area contributed by atoms with Gasteiger partial charge in [0.2, 0.25) is 0 Å². The van der Waals surface area contributed by atoms with Crippen molar-refractivity contribution in [2.75, 3.05) is 32.5 Å². The predicted molar refractivity (Wildman–Crippen MR) is 133 cm³/mol. The van der Waals surface area contributed by atoms with E-state index in [0.29, 0.717) is 29.8 Å². The summed E-state index contributed by atoms with van der Waals surface area (Å²) in [6, 6.07) is 5.01. The summed E-state index contributed by atoms with van der Waals surface area (Å²) in [6.07, 6.45) is 10.7. The van der Waals surface area contributed by atoms with Crippen LogP contribution >= 0.6 is 0 Å². The van der Waals surface area contributed by atoms with E-state index in [9.17, 15) is 4.39 Å². The molecule has 176 valence electrons. The van der Waals surface area contributed by atoms with Crippen molar-refractivity contribution in [3.8, 4) is 0 Å². The maximum absolute atomic E-state index is 14.2. The zero-order valence-electron chi connectivity index (χ0n) is 19.6. The normalized spacial score (nSPS) is 13.3. The summed E-state index contributed by atoms with van der Waals surface area (Å²) in [6.45, 7) is 3.28. The molecule has 3 aromatic heterocycles. The summed E-state index contributed by atoms with van der Waals surface area (Å²) in [4.78, 5) is 19.4. The molecular formula is C25H29FN8. The van der Waals surface area contributed by atoms with Crippen molar-refractivity contribution in [2.45, 2.75) is 25.7 Å². The lowest BCUT2D eigenvalue weighted by Crippen LogP contribution is -2.33. The van der Waals surface area contributed by atoms with Gasteiger partial charge in [-0.3, -0.25) is 15.4 Å². The summed E-state index contributed by atoms with van der Waals surface area (Å²) in [5, 5.41) is 14.9. The van der Waals surface area contributed by atoms with Gasteiger partial charge in [0.05, 0.1) is 11.9 Å². The van der Waals surface area contributed by atoms with Crippen molar-refractivity contribution in [3.05, 3.63) is 71.1 Å². The Morgan fingerprint density at radius 2 is 2.09 bits per heavy atom. The van der Waals surface area contributed by atoms with Gasteiger partial charge in [0, 0.05) is 50.5 Å². The fourth-order valence-corrected chi connectivity index (χ4v) is 3.59. The third-order valence-corrected chi connectivity index (χ3v) is 5.65. The number of nitrogens with zero attached hydrogens (tertiary/aromatic N) is 5. The largest absolute Gasteiger partial charge is 0.358 e. The average molecular weight is 461 g/mol. The molecule has 0 amide bonds. The first-order valence-corrected chi connectivity index (χ1v) is 11.3. The lowest BCUT2D eigenvalue weighted by molar-refractivity contribution is 0.493. The van der Waals surface area contributed by atoms with Gasteiger partial charge in [-0.25, -0.2) is 14.4 Å². The number of aromatic nitrogens is 3. The number of rotatable bonds is 9. The van der Waals surface area contributed by atoms with Gasteiger partial charge in [-0.1, -0.05) is 0 Å². The number of aliphatic imine (C=N–C) groups is 1. The van der Waals surface area contributed by atoms with E-state index in [4.69, 9.17) is 10.4 Å². The number of pyridine rings is 3. The molecule has 0 bridgehead atoms. The van der Waals surface area contributed by atoms with E-state index < -0.39 is 5.82 Å². The Kier molecular flexibility index (Phi) is 7.22. The number of nitrogens with one attached hydrogen (secondary N) is 3. The van der Waals surface area contributed by atoms with Crippen LogP contribution < -0.4 is 10.6 Å². The lowest BCUT2D eigenvalue weighted by atomic mass is 10.0. The molecule has 3 heterocycles. The molecule has 1 saturated carbocycles. The topological polar surface area (TPSA) is 102 Å². The van der Waals surface area contributed by atoms with Gasteiger partial charge in [-0.2, -0.15) is 0 Å². The minimum absolute atomic E-state index is 0.119. The Bertz CT molecular complexity index is 1210. The molecular weight excluding hydrogens is 431 g/mol. The highest BCUT2D eigenvalue weighted by Gasteiger charge is 2.29. The van der Waals surface area contributed by atoms with Crippen LogP contribution in [-0.4, -0.2) is 59.1 Å². The Balaban J connectivity index is 1.59. The molecule has 8 nitrogen and oxygen atoms in total. The first-order chi connectivity index (χ1) is 16.5. The van der Waals surface area contributed by atoms with E-state index in [-0.39, 0.29) is 5.82 Å². The number of hydrogen-bond donors (Lipinski definition) is 3. The first-order valence-electron chi connectivity index (χ1n) is 11.3. The molecule has 4 rings (SSSR count). The van der Waals surface area contributed by atoms with E-state index in [0.717, 1.165) is 41.6 Å². The van der Waals surface area contributed by atoms with Crippen molar-refractivity contribution in [1.82, 2.24) is 25.2 Å². The summed E-state index contributed by atoms with van der Waals surface area (Å²) in [7, 11) is 3.82. The molecule has 3 aromatic rings. The minimum atomic E-state index is -0.436.